The summed E-state index contributed by atoms with van der Waals surface area (Å²) in [4.78, 5) is 11.7. The maximum absolute atomic E-state index is 11.7. The molecule has 0 bridgehead atoms. The Morgan fingerprint density at radius 2 is 1.67 bits per heavy atom. The van der Waals surface area contributed by atoms with E-state index in [1.807, 2.05) is 24.3 Å². The number of benzene rings is 2. The first-order chi connectivity index (χ1) is 10.2. The second-order valence-electron chi connectivity index (χ2n) is 4.54. The highest BCUT2D eigenvalue weighted by Crippen LogP contribution is 2.15. The van der Waals surface area contributed by atoms with Crippen LogP contribution in [0, 0.1) is 0 Å². The van der Waals surface area contributed by atoms with E-state index in [4.69, 9.17) is 22.1 Å². The predicted molar refractivity (Wildman–Crippen MR) is 83.1 cm³/mol. The lowest BCUT2D eigenvalue weighted by Gasteiger charge is -2.08. The van der Waals surface area contributed by atoms with Crippen molar-refractivity contribution in [3.05, 3.63) is 64.7 Å². The van der Waals surface area contributed by atoms with Gasteiger partial charge in [-0.25, -0.2) is 0 Å². The number of ether oxygens (including phenoxy) is 1. The molecular weight excluding hydrogens is 288 g/mol. The SMILES string of the molecule is NCc1ccc(CNC(=O)COc2ccc(Cl)cc2)cc1. The minimum atomic E-state index is -0.173. The van der Waals surface area contributed by atoms with Gasteiger partial charge >= 0.3 is 0 Å². The molecule has 2 aromatic rings. The lowest BCUT2D eigenvalue weighted by atomic mass is 10.1. The Morgan fingerprint density at radius 3 is 2.29 bits per heavy atom. The fraction of sp³-hybridized carbons (Fsp3) is 0.188. The fourth-order valence-corrected chi connectivity index (χ4v) is 1.85. The smallest absolute Gasteiger partial charge is 0.258 e. The van der Waals surface area contributed by atoms with Crippen molar-refractivity contribution in [2.24, 2.45) is 5.73 Å². The Hall–Kier alpha value is -2.04. The van der Waals surface area contributed by atoms with E-state index in [2.05, 4.69) is 5.32 Å². The van der Waals surface area contributed by atoms with E-state index in [9.17, 15) is 4.79 Å². The predicted octanol–water partition coefficient (Wildman–Crippen LogP) is 2.49. The second kappa shape index (κ2) is 7.67. The van der Waals surface area contributed by atoms with E-state index in [0.29, 0.717) is 23.9 Å². The third-order valence-corrected chi connectivity index (χ3v) is 3.18. The van der Waals surface area contributed by atoms with Crippen LogP contribution < -0.4 is 15.8 Å². The van der Waals surface area contributed by atoms with Crippen molar-refractivity contribution in [2.45, 2.75) is 13.1 Å². The molecule has 110 valence electrons. The first-order valence-corrected chi connectivity index (χ1v) is 6.98. The largest absolute Gasteiger partial charge is 0.484 e. The van der Waals surface area contributed by atoms with Crippen LogP contribution in [0.4, 0.5) is 0 Å². The average Bonchev–Trinajstić information content (AvgIpc) is 2.53. The summed E-state index contributed by atoms with van der Waals surface area (Å²) in [6, 6.07) is 14.7. The molecule has 0 aliphatic carbocycles. The Balaban J connectivity index is 1.75. The number of nitrogens with one attached hydrogen (secondary N) is 1. The van der Waals surface area contributed by atoms with Gasteiger partial charge in [-0.3, -0.25) is 4.79 Å². The standard InChI is InChI=1S/C16H17ClN2O2/c17-14-5-7-15(8-6-14)21-11-16(20)19-10-13-3-1-12(9-18)2-4-13/h1-8H,9-11,18H2,(H,19,20). The zero-order valence-electron chi connectivity index (χ0n) is 11.5. The minimum Gasteiger partial charge on any atom is -0.484 e. The zero-order valence-corrected chi connectivity index (χ0v) is 12.3. The van der Waals surface area contributed by atoms with Crippen LogP contribution >= 0.6 is 11.6 Å². The van der Waals surface area contributed by atoms with Gasteiger partial charge in [-0.2, -0.15) is 0 Å². The molecule has 5 heteroatoms. The summed E-state index contributed by atoms with van der Waals surface area (Å²) in [7, 11) is 0. The summed E-state index contributed by atoms with van der Waals surface area (Å²) in [6.07, 6.45) is 0. The highest BCUT2D eigenvalue weighted by atomic mass is 35.5. The average molecular weight is 305 g/mol. The van der Waals surface area contributed by atoms with Crippen molar-refractivity contribution in [3.63, 3.8) is 0 Å². The molecule has 4 nitrogen and oxygen atoms in total. The summed E-state index contributed by atoms with van der Waals surface area (Å²) in [5, 5.41) is 3.43. The van der Waals surface area contributed by atoms with Crippen LogP contribution in [0.3, 0.4) is 0 Å². The quantitative estimate of drug-likeness (QED) is 0.862. The van der Waals surface area contributed by atoms with Gasteiger partial charge in [-0.1, -0.05) is 35.9 Å². The summed E-state index contributed by atoms with van der Waals surface area (Å²) < 4.78 is 5.36. The minimum absolute atomic E-state index is 0.0253. The summed E-state index contributed by atoms with van der Waals surface area (Å²) >= 11 is 5.77. The number of hydrogen-bond donors (Lipinski definition) is 2. The normalized spacial score (nSPS) is 10.2. The third kappa shape index (κ3) is 5.10. The summed E-state index contributed by atoms with van der Waals surface area (Å²) in [5.74, 6) is 0.440. The molecule has 0 aliphatic rings. The number of nitrogens with two attached hydrogens (primary N) is 1. The van der Waals surface area contributed by atoms with Crippen molar-refractivity contribution in [1.82, 2.24) is 5.32 Å². The summed E-state index contributed by atoms with van der Waals surface area (Å²) in [6.45, 7) is 0.956. The summed E-state index contributed by atoms with van der Waals surface area (Å²) in [5.41, 5.74) is 7.62. The molecule has 0 heterocycles. The van der Waals surface area contributed by atoms with Gasteiger partial charge in [0, 0.05) is 18.1 Å². The maximum atomic E-state index is 11.7. The molecule has 0 atom stereocenters. The molecule has 0 saturated carbocycles. The molecule has 1 amide bonds. The molecule has 3 N–H and O–H groups in total. The van der Waals surface area contributed by atoms with Crippen LogP contribution in [0.2, 0.25) is 5.02 Å². The number of hydrogen-bond acceptors (Lipinski definition) is 3. The molecule has 0 saturated heterocycles. The van der Waals surface area contributed by atoms with Gasteiger partial charge in [0.25, 0.3) is 5.91 Å². The molecule has 0 radical (unpaired) electrons. The number of amides is 1. The fourth-order valence-electron chi connectivity index (χ4n) is 1.72. The van der Waals surface area contributed by atoms with E-state index in [0.717, 1.165) is 11.1 Å². The van der Waals surface area contributed by atoms with Crippen molar-refractivity contribution in [2.75, 3.05) is 6.61 Å². The first-order valence-electron chi connectivity index (χ1n) is 6.60. The van der Waals surface area contributed by atoms with Gasteiger partial charge in [0.05, 0.1) is 0 Å². The van der Waals surface area contributed by atoms with Crippen LogP contribution in [0.1, 0.15) is 11.1 Å². The van der Waals surface area contributed by atoms with Gasteiger partial charge in [0.2, 0.25) is 0 Å². The molecule has 2 aromatic carbocycles. The monoisotopic (exact) mass is 304 g/mol. The molecule has 0 unspecified atom stereocenters. The van der Waals surface area contributed by atoms with Gasteiger partial charge in [0.15, 0.2) is 6.61 Å². The topological polar surface area (TPSA) is 64.3 Å². The van der Waals surface area contributed by atoms with E-state index < -0.39 is 0 Å². The molecule has 2 rings (SSSR count). The molecule has 21 heavy (non-hydrogen) atoms. The number of carbonyl (C=O) groups is 1. The van der Waals surface area contributed by atoms with Crippen molar-refractivity contribution in [1.29, 1.82) is 0 Å². The third-order valence-electron chi connectivity index (χ3n) is 2.93. The van der Waals surface area contributed by atoms with Crippen molar-refractivity contribution >= 4 is 17.5 Å². The zero-order chi connectivity index (χ0) is 15.1. The van der Waals surface area contributed by atoms with Crippen LogP contribution in [0.5, 0.6) is 5.75 Å². The molecule has 0 fully saturated rings. The van der Waals surface area contributed by atoms with Gasteiger partial charge < -0.3 is 15.8 Å². The molecule has 0 aliphatic heterocycles. The van der Waals surface area contributed by atoms with Crippen molar-refractivity contribution in [3.8, 4) is 5.75 Å². The van der Waals surface area contributed by atoms with Crippen LogP contribution in [-0.4, -0.2) is 12.5 Å². The van der Waals surface area contributed by atoms with Crippen LogP contribution in [0.25, 0.3) is 0 Å². The van der Waals surface area contributed by atoms with Gasteiger partial charge in [0.1, 0.15) is 5.75 Å². The molecule has 0 spiro atoms. The van der Waals surface area contributed by atoms with E-state index in [1.54, 1.807) is 24.3 Å². The van der Waals surface area contributed by atoms with Crippen LogP contribution in [0.15, 0.2) is 48.5 Å². The highest BCUT2D eigenvalue weighted by Gasteiger charge is 2.03. The Labute approximate surface area is 128 Å². The highest BCUT2D eigenvalue weighted by molar-refractivity contribution is 6.30. The first kappa shape index (κ1) is 15.4. The number of rotatable bonds is 6. The second-order valence-corrected chi connectivity index (χ2v) is 4.98. The Morgan fingerprint density at radius 1 is 1.05 bits per heavy atom. The molecule has 0 aromatic heterocycles. The maximum Gasteiger partial charge on any atom is 0.258 e. The molecular formula is C16H17ClN2O2. The lowest BCUT2D eigenvalue weighted by Crippen LogP contribution is -2.28. The van der Waals surface area contributed by atoms with E-state index in [-0.39, 0.29) is 12.5 Å². The Kier molecular flexibility index (Phi) is 5.60. The van der Waals surface area contributed by atoms with E-state index >= 15 is 0 Å². The van der Waals surface area contributed by atoms with Gasteiger partial charge in [-0.15, -0.1) is 0 Å². The van der Waals surface area contributed by atoms with Crippen molar-refractivity contribution < 1.29 is 9.53 Å². The lowest BCUT2D eigenvalue weighted by molar-refractivity contribution is -0.123. The van der Waals surface area contributed by atoms with Crippen LogP contribution in [-0.2, 0) is 17.9 Å². The van der Waals surface area contributed by atoms with E-state index in [1.165, 1.54) is 0 Å². The van der Waals surface area contributed by atoms with Gasteiger partial charge in [-0.05, 0) is 35.4 Å². The number of carbonyl (C=O) groups excluding carboxylic acids is 1. The number of halogens is 1. The Bertz CT molecular complexity index is 582.